The average molecular weight is 489 g/mol. The number of hydrogen-bond donors (Lipinski definition) is 1. The second-order valence-electron chi connectivity index (χ2n) is 13.2. The normalized spacial score (nSPS) is 40.2. The van der Waals surface area contributed by atoms with Gasteiger partial charge in [0.2, 0.25) is 0 Å². The van der Waals surface area contributed by atoms with Gasteiger partial charge in [-0.15, -0.1) is 0 Å². The van der Waals surface area contributed by atoms with Crippen LogP contribution in [0.3, 0.4) is 0 Å². The van der Waals surface area contributed by atoms with Crippen molar-refractivity contribution in [1.82, 2.24) is 0 Å². The molecule has 1 N–H and O–H groups in total. The largest absolute Gasteiger partial charge is 0.497 e. The molecule has 0 spiro atoms. The van der Waals surface area contributed by atoms with Crippen LogP contribution in [-0.2, 0) is 19.0 Å². The highest BCUT2D eigenvalue weighted by Gasteiger charge is 2.51. The number of rotatable bonds is 4. The highest BCUT2D eigenvalue weighted by atomic mass is 16.7. The fourth-order valence-corrected chi connectivity index (χ4v) is 7.60. The number of carbonyl (C=O) groups is 1. The van der Waals surface area contributed by atoms with Crippen LogP contribution in [0.25, 0.3) is 0 Å². The van der Waals surface area contributed by atoms with Crippen molar-refractivity contribution in [3.63, 3.8) is 0 Å². The van der Waals surface area contributed by atoms with E-state index in [9.17, 15) is 9.90 Å². The van der Waals surface area contributed by atoms with E-state index in [4.69, 9.17) is 14.2 Å². The van der Waals surface area contributed by atoms with E-state index in [2.05, 4.69) is 19.1 Å². The van der Waals surface area contributed by atoms with Gasteiger partial charge >= 0.3 is 5.97 Å². The van der Waals surface area contributed by atoms with Crippen LogP contribution in [0.4, 0.5) is 0 Å². The molecule has 5 heteroatoms. The summed E-state index contributed by atoms with van der Waals surface area (Å²) in [6.07, 6.45) is 17.4. The van der Waals surface area contributed by atoms with Crippen molar-refractivity contribution >= 4 is 5.97 Å². The zero-order valence-electron chi connectivity index (χ0n) is 22.7. The molecule has 0 saturated heterocycles. The molecule has 1 heterocycles. The van der Waals surface area contributed by atoms with Crippen LogP contribution in [0.1, 0.15) is 98.8 Å². The molecule has 0 aromatic carbocycles. The zero-order chi connectivity index (χ0) is 25.3. The molecule has 1 aliphatic heterocycles. The van der Waals surface area contributed by atoms with Crippen LogP contribution in [0, 0.1) is 34.5 Å². The fraction of sp³-hybridized carbons (Fsp3) is 0.833. The third-order valence-electron chi connectivity index (χ3n) is 9.80. The summed E-state index contributed by atoms with van der Waals surface area (Å²) in [6.45, 7) is 10.9. The maximum Gasteiger partial charge on any atom is 0.313 e. The summed E-state index contributed by atoms with van der Waals surface area (Å²) in [6, 6.07) is 0. The van der Waals surface area contributed by atoms with Crippen molar-refractivity contribution in [2.75, 3.05) is 13.4 Å². The first-order chi connectivity index (χ1) is 16.5. The average Bonchev–Trinajstić information content (AvgIpc) is 2.87. The molecule has 3 saturated carbocycles. The van der Waals surface area contributed by atoms with Crippen molar-refractivity contribution in [2.45, 2.75) is 111 Å². The number of ether oxygens (including phenoxy) is 3. The molecular weight excluding hydrogens is 440 g/mol. The van der Waals surface area contributed by atoms with Crippen LogP contribution >= 0.6 is 0 Å². The highest BCUT2D eigenvalue weighted by Crippen LogP contribution is 2.59. The molecule has 3 aliphatic carbocycles. The third kappa shape index (κ3) is 5.98. The molecule has 7 atom stereocenters. The molecule has 0 aromatic heterocycles. The number of aliphatic hydroxyl groups is 1. The van der Waals surface area contributed by atoms with E-state index in [1.165, 1.54) is 25.7 Å². The molecular formula is C30H48O5. The van der Waals surface area contributed by atoms with Crippen LogP contribution in [0.5, 0.6) is 0 Å². The summed E-state index contributed by atoms with van der Waals surface area (Å²) in [7, 11) is 0. The van der Waals surface area contributed by atoms with E-state index < -0.39 is 11.0 Å². The molecule has 4 aliphatic rings. The van der Waals surface area contributed by atoms with Gasteiger partial charge in [0, 0.05) is 5.92 Å². The summed E-state index contributed by atoms with van der Waals surface area (Å²) in [5.74, 6) is 1.98. The molecule has 35 heavy (non-hydrogen) atoms. The Morgan fingerprint density at radius 1 is 1.11 bits per heavy atom. The quantitative estimate of drug-likeness (QED) is 0.359. The van der Waals surface area contributed by atoms with Crippen molar-refractivity contribution in [3.8, 4) is 0 Å². The first kappa shape index (κ1) is 26.7. The monoisotopic (exact) mass is 488 g/mol. The lowest BCUT2D eigenvalue weighted by Gasteiger charge is -2.55. The lowest BCUT2D eigenvalue weighted by Crippen LogP contribution is -2.49. The van der Waals surface area contributed by atoms with Gasteiger partial charge in [0.15, 0.2) is 6.79 Å². The minimum Gasteiger partial charge on any atom is -0.497 e. The minimum absolute atomic E-state index is 0.0640. The maximum atomic E-state index is 12.1. The van der Waals surface area contributed by atoms with Gasteiger partial charge in [-0.3, -0.25) is 4.79 Å². The number of allylic oxidation sites excluding steroid dienone is 1. The van der Waals surface area contributed by atoms with Gasteiger partial charge in [0.25, 0.3) is 0 Å². The molecule has 0 aromatic rings. The molecule has 3 fully saturated rings. The van der Waals surface area contributed by atoms with Crippen molar-refractivity contribution in [1.29, 1.82) is 0 Å². The van der Waals surface area contributed by atoms with E-state index in [1.54, 1.807) is 0 Å². The minimum atomic E-state index is -0.716. The van der Waals surface area contributed by atoms with Gasteiger partial charge in [-0.25, -0.2) is 0 Å². The Bertz CT molecular complexity index is 806. The first-order valence-corrected chi connectivity index (χ1v) is 14.0. The Kier molecular flexibility index (Phi) is 8.07. The van der Waals surface area contributed by atoms with Gasteiger partial charge in [-0.2, -0.15) is 0 Å². The second-order valence-corrected chi connectivity index (χ2v) is 13.2. The van der Waals surface area contributed by atoms with E-state index in [-0.39, 0.29) is 24.8 Å². The standard InChI is InChI=1S/C30H48O5/c1-28(2,3)27(31)35-20-34-24-13-15-29(4)23(18-24)12-11-21-8-6-10-26(22-9-7-17-33-19-22)30(5,32)16-14-25(21)29/h7,9,19,21,23-26,32H,6,8,10-18,20H2,1-5H3/t21-,23-,24+,25+,26-,29+,30-/m1/s1. The number of esters is 1. The van der Waals surface area contributed by atoms with Crippen molar-refractivity contribution in [2.24, 2.45) is 34.5 Å². The van der Waals surface area contributed by atoms with E-state index >= 15 is 0 Å². The summed E-state index contributed by atoms with van der Waals surface area (Å²) in [5.41, 5.74) is 0.237. The van der Waals surface area contributed by atoms with Crippen LogP contribution in [0.15, 0.2) is 24.0 Å². The lowest BCUT2D eigenvalue weighted by molar-refractivity contribution is -0.177. The lowest BCUT2D eigenvalue weighted by atomic mass is 9.50. The molecule has 0 amide bonds. The fourth-order valence-electron chi connectivity index (χ4n) is 7.60. The summed E-state index contributed by atoms with van der Waals surface area (Å²) < 4.78 is 17.0. The van der Waals surface area contributed by atoms with Crippen molar-refractivity contribution in [3.05, 3.63) is 24.0 Å². The second kappa shape index (κ2) is 10.6. The van der Waals surface area contributed by atoms with Crippen LogP contribution in [0.2, 0.25) is 0 Å². The molecule has 0 bridgehead atoms. The van der Waals surface area contributed by atoms with Crippen LogP contribution in [-0.4, -0.2) is 36.2 Å². The third-order valence-corrected chi connectivity index (χ3v) is 9.80. The van der Waals surface area contributed by atoms with Crippen LogP contribution < -0.4 is 0 Å². The van der Waals surface area contributed by atoms with Gasteiger partial charge in [-0.05, 0) is 114 Å². The summed E-state index contributed by atoms with van der Waals surface area (Å²) in [5, 5.41) is 11.6. The zero-order valence-corrected chi connectivity index (χ0v) is 22.7. The first-order valence-electron chi connectivity index (χ1n) is 14.0. The Hall–Kier alpha value is -1.33. The van der Waals surface area contributed by atoms with E-state index in [0.717, 1.165) is 50.0 Å². The smallest absolute Gasteiger partial charge is 0.313 e. The molecule has 0 unspecified atom stereocenters. The Morgan fingerprint density at radius 3 is 2.63 bits per heavy atom. The van der Waals surface area contributed by atoms with Gasteiger partial charge in [-0.1, -0.05) is 25.8 Å². The molecule has 0 radical (unpaired) electrons. The molecule has 5 nitrogen and oxygen atoms in total. The topological polar surface area (TPSA) is 65.0 Å². The van der Waals surface area contributed by atoms with E-state index in [0.29, 0.717) is 23.9 Å². The van der Waals surface area contributed by atoms with Crippen molar-refractivity contribution < 1.29 is 24.1 Å². The maximum absolute atomic E-state index is 12.1. The SMILES string of the molecule is CC(C)(C)C(=O)OCO[C@H]1CC[C@@]2(C)[C@H](CC[C@H]3CCC[C@H](C4=COCC=C4)[C@](C)(O)CC[C@@H]32)C1. The number of carbonyl (C=O) groups excluding carboxylic acids is 1. The van der Waals surface area contributed by atoms with E-state index in [1.807, 2.05) is 34.0 Å². The van der Waals surface area contributed by atoms with Gasteiger partial charge in [0.1, 0.15) is 6.61 Å². The van der Waals surface area contributed by atoms with Gasteiger partial charge in [0.05, 0.1) is 23.4 Å². The summed E-state index contributed by atoms with van der Waals surface area (Å²) >= 11 is 0. The highest BCUT2D eigenvalue weighted by molar-refractivity contribution is 5.75. The Labute approximate surface area is 212 Å². The Morgan fingerprint density at radius 2 is 1.91 bits per heavy atom. The Balaban J connectivity index is 1.39. The number of fused-ring (bicyclic) bond motifs is 3. The molecule has 198 valence electrons. The van der Waals surface area contributed by atoms with Gasteiger partial charge < -0.3 is 19.3 Å². The predicted octanol–water partition coefficient (Wildman–Crippen LogP) is 6.55. The summed E-state index contributed by atoms with van der Waals surface area (Å²) in [4.78, 5) is 12.1. The molecule has 4 rings (SSSR count). The predicted molar refractivity (Wildman–Crippen MR) is 137 cm³/mol. The number of hydrogen-bond acceptors (Lipinski definition) is 5.